The molecular weight excluding hydrogens is 564 g/mol. The van der Waals surface area contributed by atoms with Crippen LogP contribution >= 0.6 is 11.6 Å². The third-order valence-electron chi connectivity index (χ3n) is 6.48. The van der Waals surface area contributed by atoms with Crippen molar-refractivity contribution in [3.05, 3.63) is 64.2 Å². The Kier molecular flexibility index (Phi) is 26.2. The maximum atomic E-state index is 12.5. The van der Waals surface area contributed by atoms with Gasteiger partial charge in [0.05, 0.1) is 19.1 Å². The predicted molar refractivity (Wildman–Crippen MR) is 181 cm³/mol. The molecule has 2 amide bonds. The van der Waals surface area contributed by atoms with Crippen LogP contribution in [0, 0.1) is 12.8 Å². The first-order valence-corrected chi connectivity index (χ1v) is 15.7. The molecule has 0 bridgehead atoms. The van der Waals surface area contributed by atoms with Gasteiger partial charge in [0, 0.05) is 25.7 Å². The molecule has 3 N–H and O–H groups in total. The molecule has 43 heavy (non-hydrogen) atoms. The van der Waals surface area contributed by atoms with Gasteiger partial charge in [0.2, 0.25) is 11.8 Å². The van der Waals surface area contributed by atoms with Crippen LogP contribution < -0.4 is 20.7 Å². The highest BCUT2D eigenvalue weighted by Gasteiger charge is 2.26. The van der Waals surface area contributed by atoms with Crippen molar-refractivity contribution in [2.45, 2.75) is 73.8 Å². The summed E-state index contributed by atoms with van der Waals surface area (Å²) in [4.78, 5) is 34.8. The van der Waals surface area contributed by atoms with Crippen molar-refractivity contribution >= 4 is 29.7 Å². The third kappa shape index (κ3) is 19.1. The van der Waals surface area contributed by atoms with Crippen molar-refractivity contribution in [2.24, 2.45) is 5.92 Å². The SMILES string of the molecule is CC.CCc1ccc(C)cc1.CCc1ccc(Cl)cc1OCCNC(C(=O)N(C)CC=O)C(C)CC.CNCC(=O)NC. The summed E-state index contributed by atoms with van der Waals surface area (Å²) < 4.78 is 5.83. The van der Waals surface area contributed by atoms with Gasteiger partial charge in [-0.15, -0.1) is 0 Å². The van der Waals surface area contributed by atoms with Crippen LogP contribution in [0.2, 0.25) is 5.02 Å². The fourth-order valence-corrected chi connectivity index (χ4v) is 3.77. The molecule has 0 aliphatic carbocycles. The molecule has 0 radical (unpaired) electrons. The van der Waals surface area contributed by atoms with Crippen molar-refractivity contribution < 1.29 is 19.1 Å². The molecule has 2 atom stereocenters. The zero-order valence-electron chi connectivity index (χ0n) is 28.2. The smallest absolute Gasteiger partial charge is 0.240 e. The first-order chi connectivity index (χ1) is 20.6. The maximum absolute atomic E-state index is 12.5. The largest absolute Gasteiger partial charge is 0.492 e. The minimum Gasteiger partial charge on any atom is -0.492 e. The molecule has 2 rings (SSSR count). The van der Waals surface area contributed by atoms with E-state index in [-0.39, 0.29) is 30.3 Å². The number of aldehydes is 1. The van der Waals surface area contributed by atoms with Crippen molar-refractivity contribution in [3.63, 3.8) is 0 Å². The van der Waals surface area contributed by atoms with Crippen LogP contribution in [0.3, 0.4) is 0 Å². The summed E-state index contributed by atoms with van der Waals surface area (Å²) in [5, 5.41) is 9.08. The van der Waals surface area contributed by atoms with Crippen LogP contribution in [0.4, 0.5) is 0 Å². The van der Waals surface area contributed by atoms with Gasteiger partial charge < -0.3 is 30.4 Å². The van der Waals surface area contributed by atoms with E-state index in [2.05, 4.69) is 61.0 Å². The number of nitrogens with one attached hydrogen (secondary N) is 3. The molecule has 0 fully saturated rings. The zero-order valence-corrected chi connectivity index (χ0v) is 28.9. The summed E-state index contributed by atoms with van der Waals surface area (Å²) in [5.41, 5.74) is 3.86. The van der Waals surface area contributed by atoms with E-state index in [4.69, 9.17) is 16.3 Å². The highest BCUT2D eigenvalue weighted by Crippen LogP contribution is 2.23. The van der Waals surface area contributed by atoms with Crippen LogP contribution in [0.1, 0.15) is 64.7 Å². The minimum absolute atomic E-state index is 0.0162. The Hall–Kier alpha value is -2.94. The van der Waals surface area contributed by atoms with Crippen LogP contribution in [0.15, 0.2) is 42.5 Å². The van der Waals surface area contributed by atoms with Gasteiger partial charge in [-0.25, -0.2) is 0 Å². The second-order valence-electron chi connectivity index (χ2n) is 9.70. The molecule has 2 aromatic rings. The Bertz CT molecular complexity index is 1020. The number of nitrogens with zero attached hydrogens (tertiary/aromatic N) is 1. The molecule has 0 saturated carbocycles. The highest BCUT2D eigenvalue weighted by atomic mass is 35.5. The predicted octanol–water partition coefficient (Wildman–Crippen LogP) is 5.48. The van der Waals surface area contributed by atoms with Gasteiger partial charge in [-0.05, 0) is 56.0 Å². The van der Waals surface area contributed by atoms with E-state index in [1.54, 1.807) is 21.1 Å². The standard InChI is InChI=1S/C19H29ClN2O3.C9H12.C4H10N2O.C2H6/c1-5-14(3)18(19(24)22(4)10-11-23)21-9-12-25-17-13-16(20)8-7-15(17)6-2;1-3-9-6-4-8(2)5-7-9;1-5-3-4(7)6-2;1-2/h7-8,11,13-14,18,21H,5-6,9-10,12H2,1-4H3;4-7H,3H2,1-2H3;5H,3H2,1-2H3,(H,6,7);1-2H3. The van der Waals surface area contributed by atoms with Crippen LogP contribution in [-0.2, 0) is 27.2 Å². The molecule has 0 aromatic heterocycles. The van der Waals surface area contributed by atoms with E-state index in [9.17, 15) is 14.4 Å². The number of likely N-dealkylation sites (N-methyl/N-ethyl adjacent to an activating group) is 3. The van der Waals surface area contributed by atoms with E-state index in [0.717, 1.165) is 36.9 Å². The van der Waals surface area contributed by atoms with Crippen molar-refractivity contribution in [2.75, 3.05) is 47.4 Å². The van der Waals surface area contributed by atoms with Crippen molar-refractivity contribution in [1.29, 1.82) is 0 Å². The van der Waals surface area contributed by atoms with E-state index in [0.29, 0.717) is 24.7 Å². The average molecular weight is 621 g/mol. The Labute approximate surface area is 266 Å². The maximum Gasteiger partial charge on any atom is 0.240 e. The quantitative estimate of drug-likeness (QED) is 0.191. The minimum atomic E-state index is -0.330. The summed E-state index contributed by atoms with van der Waals surface area (Å²) in [6, 6.07) is 14.0. The first kappa shape index (κ1) is 42.2. The van der Waals surface area contributed by atoms with Crippen molar-refractivity contribution in [3.8, 4) is 5.75 Å². The summed E-state index contributed by atoms with van der Waals surface area (Å²) in [5.74, 6) is 0.890. The lowest BCUT2D eigenvalue weighted by Crippen LogP contribution is -2.50. The molecule has 8 nitrogen and oxygen atoms in total. The van der Waals surface area contributed by atoms with Gasteiger partial charge in [-0.3, -0.25) is 9.59 Å². The number of carbonyl (C=O) groups excluding carboxylic acids is 3. The van der Waals surface area contributed by atoms with Gasteiger partial charge >= 0.3 is 0 Å². The molecule has 244 valence electrons. The second kappa shape index (κ2) is 26.7. The lowest BCUT2D eigenvalue weighted by Gasteiger charge is -2.27. The van der Waals surface area contributed by atoms with Crippen LogP contribution in [0.5, 0.6) is 5.75 Å². The summed E-state index contributed by atoms with van der Waals surface area (Å²) in [6.45, 7) is 15.9. The third-order valence-corrected chi connectivity index (χ3v) is 6.72. The summed E-state index contributed by atoms with van der Waals surface area (Å²) >= 11 is 6.03. The van der Waals surface area contributed by atoms with Gasteiger partial charge in [-0.1, -0.05) is 95.5 Å². The van der Waals surface area contributed by atoms with Crippen LogP contribution in [-0.4, -0.2) is 76.4 Å². The van der Waals surface area contributed by atoms with Crippen molar-refractivity contribution in [1.82, 2.24) is 20.9 Å². The molecule has 2 unspecified atom stereocenters. The molecule has 9 heteroatoms. The topological polar surface area (TPSA) is 99.8 Å². The van der Waals surface area contributed by atoms with E-state index >= 15 is 0 Å². The van der Waals surface area contributed by atoms with Crippen LogP contribution in [0.25, 0.3) is 0 Å². The summed E-state index contributed by atoms with van der Waals surface area (Å²) in [7, 11) is 4.98. The molecule has 0 aliphatic heterocycles. The number of carbonyl (C=O) groups is 3. The number of aryl methyl sites for hydroxylation is 3. The first-order valence-electron chi connectivity index (χ1n) is 15.3. The zero-order chi connectivity index (χ0) is 33.2. The van der Waals surface area contributed by atoms with Gasteiger partial charge in [0.15, 0.2) is 0 Å². The molecule has 0 aliphatic rings. The van der Waals surface area contributed by atoms with E-state index < -0.39 is 0 Å². The number of ether oxygens (including phenoxy) is 1. The fraction of sp³-hybridized carbons (Fsp3) is 0.559. The number of amides is 2. The fourth-order valence-electron chi connectivity index (χ4n) is 3.61. The Morgan fingerprint density at radius 3 is 2.12 bits per heavy atom. The Balaban J connectivity index is 0. The van der Waals surface area contributed by atoms with Gasteiger partial charge in [-0.2, -0.15) is 0 Å². The van der Waals surface area contributed by atoms with E-state index in [1.165, 1.54) is 16.0 Å². The Morgan fingerprint density at radius 2 is 1.65 bits per heavy atom. The number of hydrogen-bond acceptors (Lipinski definition) is 6. The number of hydrogen-bond donors (Lipinski definition) is 3. The molecule has 0 saturated heterocycles. The second-order valence-corrected chi connectivity index (χ2v) is 10.1. The molecular formula is C34H57ClN4O4. The average Bonchev–Trinajstić information content (AvgIpc) is 3.02. The Morgan fingerprint density at radius 1 is 1.02 bits per heavy atom. The number of rotatable bonds is 14. The van der Waals surface area contributed by atoms with Gasteiger partial charge in [0.25, 0.3) is 0 Å². The van der Waals surface area contributed by atoms with Gasteiger partial charge in [0.1, 0.15) is 18.6 Å². The normalized spacial score (nSPS) is 11.1. The number of benzene rings is 2. The summed E-state index contributed by atoms with van der Waals surface area (Å²) in [6.07, 6.45) is 3.61. The van der Waals surface area contributed by atoms with E-state index in [1.807, 2.05) is 45.9 Å². The molecule has 2 aromatic carbocycles. The number of halogens is 1. The monoisotopic (exact) mass is 620 g/mol. The highest BCUT2D eigenvalue weighted by molar-refractivity contribution is 6.30. The lowest BCUT2D eigenvalue weighted by atomic mass is 9.98. The molecule has 0 heterocycles. The molecule has 0 spiro atoms. The lowest BCUT2D eigenvalue weighted by molar-refractivity contribution is -0.135.